The minimum atomic E-state index is 0.0675. The molecule has 0 amide bonds. The van der Waals surface area contributed by atoms with Crippen LogP contribution in [0, 0.1) is 6.92 Å². The van der Waals surface area contributed by atoms with E-state index in [9.17, 15) is 4.79 Å². The summed E-state index contributed by atoms with van der Waals surface area (Å²) < 4.78 is 7.10. The number of aryl methyl sites for hydroxylation is 2. The van der Waals surface area contributed by atoms with E-state index < -0.39 is 0 Å². The molecule has 1 aromatic carbocycles. The van der Waals surface area contributed by atoms with Crippen LogP contribution in [0.25, 0.3) is 22.9 Å². The number of benzene rings is 1. The number of hydrogen-bond donors (Lipinski definition) is 0. The van der Waals surface area contributed by atoms with Crippen LogP contribution in [0.3, 0.4) is 0 Å². The van der Waals surface area contributed by atoms with Crippen molar-refractivity contribution in [1.82, 2.24) is 19.9 Å². The average Bonchev–Trinajstić information content (AvgIpc) is 3.53. The van der Waals surface area contributed by atoms with Crippen LogP contribution in [0.15, 0.2) is 46.3 Å². The minimum absolute atomic E-state index is 0.0675. The highest BCUT2D eigenvalue weighted by Gasteiger charge is 2.21. The van der Waals surface area contributed by atoms with Gasteiger partial charge in [-0.2, -0.15) is 10.1 Å². The van der Waals surface area contributed by atoms with Crippen LogP contribution in [-0.2, 0) is 13.5 Å². The maximum atomic E-state index is 12.8. The van der Waals surface area contributed by atoms with Gasteiger partial charge in [-0.3, -0.25) is 9.48 Å². The Morgan fingerprint density at radius 3 is 2.90 bits per heavy atom. The lowest BCUT2D eigenvalue weighted by molar-refractivity contribution is 0.0970. The Kier molecular flexibility index (Phi) is 4.90. The monoisotopic (exact) mass is 430 g/mol. The Hall–Kier alpha value is -3.32. The van der Waals surface area contributed by atoms with Crippen molar-refractivity contribution in [3.63, 3.8) is 0 Å². The molecule has 0 saturated carbocycles. The largest absolute Gasteiger partial charge is 0.334 e. The second kappa shape index (κ2) is 7.74. The van der Waals surface area contributed by atoms with Crippen molar-refractivity contribution in [1.29, 1.82) is 0 Å². The first-order valence-corrected chi connectivity index (χ1v) is 11.1. The predicted molar refractivity (Wildman–Crippen MR) is 121 cm³/mol. The van der Waals surface area contributed by atoms with Crippen molar-refractivity contribution in [2.45, 2.75) is 32.6 Å². The smallest absolute Gasteiger partial charge is 0.254 e. The van der Waals surface area contributed by atoms with E-state index in [1.54, 1.807) is 16.0 Å². The number of rotatable bonds is 6. The Bertz CT molecular complexity index is 1300. The van der Waals surface area contributed by atoms with Crippen molar-refractivity contribution in [3.8, 4) is 11.3 Å². The van der Waals surface area contributed by atoms with Gasteiger partial charge in [-0.1, -0.05) is 30.3 Å². The van der Waals surface area contributed by atoms with Crippen LogP contribution in [0.4, 0.5) is 0 Å². The van der Waals surface area contributed by atoms with E-state index in [2.05, 4.69) is 52.5 Å². The normalized spacial score (nSPS) is 13.8. The van der Waals surface area contributed by atoms with Gasteiger partial charge >= 0.3 is 0 Å². The summed E-state index contributed by atoms with van der Waals surface area (Å²) in [6.07, 6.45) is 3.32. The van der Waals surface area contributed by atoms with E-state index >= 15 is 0 Å². The van der Waals surface area contributed by atoms with Crippen molar-refractivity contribution in [3.05, 3.63) is 75.2 Å². The van der Waals surface area contributed by atoms with Crippen LogP contribution in [0.2, 0.25) is 0 Å². The van der Waals surface area contributed by atoms with Gasteiger partial charge in [0.2, 0.25) is 0 Å². The van der Waals surface area contributed by atoms with Crippen molar-refractivity contribution >= 4 is 28.8 Å². The number of carbonyl (C=O) groups is 1. The highest BCUT2D eigenvalue weighted by molar-refractivity contribution is 7.10. The Morgan fingerprint density at radius 2 is 2.16 bits per heavy atom. The molecule has 156 valence electrons. The number of allylic oxidation sites excluding steroid dienone is 1. The zero-order valence-electron chi connectivity index (χ0n) is 17.6. The number of ketones is 1. The quantitative estimate of drug-likeness (QED) is 0.387. The predicted octanol–water partition coefficient (Wildman–Crippen LogP) is 5.31. The summed E-state index contributed by atoms with van der Waals surface area (Å²) in [7, 11) is 1.88. The molecule has 0 bridgehead atoms. The van der Waals surface area contributed by atoms with Gasteiger partial charge in [0.15, 0.2) is 11.6 Å². The summed E-state index contributed by atoms with van der Waals surface area (Å²) in [5, 5.41) is 10.4. The van der Waals surface area contributed by atoms with E-state index in [1.165, 1.54) is 10.4 Å². The molecule has 0 spiro atoms. The Morgan fingerprint density at radius 1 is 1.29 bits per heavy atom. The number of nitrogens with zero attached hydrogens (tertiary/aromatic N) is 4. The third-order valence-electron chi connectivity index (χ3n) is 5.64. The maximum absolute atomic E-state index is 12.8. The van der Waals surface area contributed by atoms with Gasteiger partial charge in [0, 0.05) is 35.9 Å². The molecular formula is C24H22N4O2S. The minimum Gasteiger partial charge on any atom is -0.334 e. The number of hydrogen-bond acceptors (Lipinski definition) is 6. The Labute approximate surface area is 184 Å². The molecule has 4 aromatic rings. The lowest BCUT2D eigenvalue weighted by Gasteiger charge is -2.06. The van der Waals surface area contributed by atoms with E-state index in [-0.39, 0.29) is 11.7 Å². The molecule has 0 aliphatic heterocycles. The highest BCUT2D eigenvalue weighted by atomic mass is 32.1. The van der Waals surface area contributed by atoms with Crippen molar-refractivity contribution in [2.75, 3.05) is 0 Å². The second-order valence-electron chi connectivity index (χ2n) is 7.99. The highest BCUT2D eigenvalue weighted by Crippen LogP contribution is 2.34. The summed E-state index contributed by atoms with van der Waals surface area (Å²) >= 11 is 1.69. The van der Waals surface area contributed by atoms with E-state index in [1.807, 2.05) is 31.5 Å². The molecule has 0 fully saturated rings. The topological polar surface area (TPSA) is 73.8 Å². The van der Waals surface area contributed by atoms with E-state index in [0.717, 1.165) is 28.8 Å². The summed E-state index contributed by atoms with van der Waals surface area (Å²) in [4.78, 5) is 18.4. The molecule has 31 heavy (non-hydrogen) atoms. The van der Waals surface area contributed by atoms with Gasteiger partial charge in [-0.25, -0.2) is 0 Å². The van der Waals surface area contributed by atoms with Gasteiger partial charge < -0.3 is 4.52 Å². The molecule has 3 heterocycles. The molecule has 1 unspecified atom stereocenters. The van der Waals surface area contributed by atoms with Crippen LogP contribution < -0.4 is 0 Å². The van der Waals surface area contributed by atoms with Gasteiger partial charge in [0.05, 0.1) is 5.69 Å². The van der Waals surface area contributed by atoms with E-state index in [4.69, 9.17) is 4.52 Å². The first-order chi connectivity index (χ1) is 15.0. The number of Topliss-reactive ketones (excluding diaryl/α,β-unsaturated/α-hetero) is 1. The summed E-state index contributed by atoms with van der Waals surface area (Å²) in [5.74, 6) is 1.46. The second-order valence-corrected chi connectivity index (χ2v) is 8.97. The molecule has 6 nitrogen and oxygen atoms in total. The first-order valence-electron chi connectivity index (χ1n) is 10.2. The molecule has 1 atom stereocenters. The van der Waals surface area contributed by atoms with E-state index in [0.29, 0.717) is 23.8 Å². The molecule has 0 radical (unpaired) electrons. The summed E-state index contributed by atoms with van der Waals surface area (Å²) in [5.41, 5.74) is 5.83. The van der Waals surface area contributed by atoms with Crippen LogP contribution in [-0.4, -0.2) is 25.7 Å². The molecule has 5 rings (SSSR count). The van der Waals surface area contributed by atoms with Gasteiger partial charge in [-0.05, 0) is 53.6 Å². The molecule has 1 aliphatic rings. The molecule has 3 aromatic heterocycles. The molecule has 1 aliphatic carbocycles. The third kappa shape index (κ3) is 3.77. The zero-order valence-corrected chi connectivity index (χ0v) is 18.4. The van der Waals surface area contributed by atoms with Crippen LogP contribution in [0.1, 0.15) is 57.5 Å². The SMILES string of the molecule is Cc1noc(C2=Cc3cc(-c4cc(C(=O)CC(C)c5cccs5)nn4C)ccc3C2)n1. The number of fused-ring (bicyclic) bond motifs is 1. The number of thiophene rings is 1. The van der Waals surface area contributed by atoms with Gasteiger partial charge in [0.25, 0.3) is 5.89 Å². The fraction of sp³-hybridized carbons (Fsp3) is 0.250. The number of carbonyl (C=O) groups excluding carboxylic acids is 1. The Balaban J connectivity index is 1.39. The van der Waals surface area contributed by atoms with Crippen LogP contribution >= 0.6 is 11.3 Å². The lowest BCUT2D eigenvalue weighted by Crippen LogP contribution is -2.05. The zero-order chi connectivity index (χ0) is 21.5. The fourth-order valence-electron chi connectivity index (χ4n) is 3.99. The average molecular weight is 431 g/mol. The lowest BCUT2D eigenvalue weighted by atomic mass is 10.0. The standard InChI is InChI=1S/C24H22N4O2S/c1-14(23-5-4-8-31-23)9-22(29)20-13-21(28(3)26-20)17-7-6-16-10-19(12-18(16)11-17)24-25-15(2)27-30-24/h4-8,11-14H,9-10H2,1-3H3. The van der Waals surface area contributed by atoms with Gasteiger partial charge in [-0.15, -0.1) is 11.3 Å². The summed E-state index contributed by atoms with van der Waals surface area (Å²) in [6, 6.07) is 12.3. The maximum Gasteiger partial charge on any atom is 0.254 e. The van der Waals surface area contributed by atoms with Crippen molar-refractivity contribution in [2.24, 2.45) is 7.05 Å². The molecule has 0 N–H and O–H groups in total. The first kappa shape index (κ1) is 19.6. The third-order valence-corrected chi connectivity index (χ3v) is 6.74. The van der Waals surface area contributed by atoms with Crippen molar-refractivity contribution < 1.29 is 9.32 Å². The van der Waals surface area contributed by atoms with Crippen LogP contribution in [0.5, 0.6) is 0 Å². The number of aromatic nitrogens is 4. The fourth-order valence-corrected chi connectivity index (χ4v) is 4.77. The van der Waals surface area contributed by atoms with Gasteiger partial charge in [0.1, 0.15) is 5.69 Å². The summed E-state index contributed by atoms with van der Waals surface area (Å²) in [6.45, 7) is 3.90. The molecule has 0 saturated heterocycles. The molecule has 7 heteroatoms. The molecular weight excluding hydrogens is 408 g/mol.